The van der Waals surface area contributed by atoms with Crippen molar-refractivity contribution in [2.45, 2.75) is 26.2 Å². The van der Waals surface area contributed by atoms with E-state index in [1.54, 1.807) is 18.2 Å². The van der Waals surface area contributed by atoms with E-state index in [2.05, 4.69) is 9.97 Å². The number of rotatable bonds is 6. The van der Waals surface area contributed by atoms with Crippen molar-refractivity contribution in [3.05, 3.63) is 46.7 Å². The first-order chi connectivity index (χ1) is 13.4. The Morgan fingerprint density at radius 3 is 2.36 bits per heavy atom. The summed E-state index contributed by atoms with van der Waals surface area (Å²) in [4.78, 5) is 33.4. The number of carbonyl (C=O) groups excluding carboxylic acids is 2. The Morgan fingerprint density at radius 1 is 1.07 bits per heavy atom. The summed E-state index contributed by atoms with van der Waals surface area (Å²) in [7, 11) is 2.88. The van der Waals surface area contributed by atoms with Crippen LogP contribution >= 0.6 is 0 Å². The van der Waals surface area contributed by atoms with Gasteiger partial charge in [0, 0.05) is 12.8 Å². The minimum atomic E-state index is -0.591. The second-order valence-corrected chi connectivity index (χ2v) is 6.26. The van der Waals surface area contributed by atoms with Gasteiger partial charge in [0.1, 0.15) is 17.1 Å². The van der Waals surface area contributed by atoms with Crippen LogP contribution in [0.1, 0.15) is 35.2 Å². The van der Waals surface area contributed by atoms with E-state index in [0.29, 0.717) is 12.8 Å². The third-order valence-electron chi connectivity index (χ3n) is 4.27. The van der Waals surface area contributed by atoms with Gasteiger partial charge in [-0.3, -0.25) is 9.59 Å². The van der Waals surface area contributed by atoms with E-state index in [1.165, 1.54) is 20.3 Å². The number of allylic oxidation sites excluding steroid dienone is 2. The van der Waals surface area contributed by atoms with Crippen LogP contribution in [0.4, 0.5) is 0 Å². The number of nitrogens with zero attached hydrogens (tertiary/aromatic N) is 2. The number of aliphatic hydroxyl groups excluding tert-OH is 1. The first-order valence-electron chi connectivity index (χ1n) is 8.68. The lowest BCUT2D eigenvalue weighted by Crippen LogP contribution is -2.20. The molecule has 3 rings (SSSR count). The van der Waals surface area contributed by atoms with Crippen molar-refractivity contribution in [3.8, 4) is 23.5 Å². The van der Waals surface area contributed by atoms with Crippen molar-refractivity contribution in [1.82, 2.24) is 9.97 Å². The number of ketones is 2. The molecular formula is C20H20N2O6. The van der Waals surface area contributed by atoms with Crippen LogP contribution in [0.3, 0.4) is 0 Å². The summed E-state index contributed by atoms with van der Waals surface area (Å²) < 4.78 is 15.9. The average Bonchev–Trinajstić information content (AvgIpc) is 2.67. The summed E-state index contributed by atoms with van der Waals surface area (Å²) in [5, 5.41) is 10.1. The lowest BCUT2D eigenvalue weighted by molar-refractivity contribution is -0.116. The Balaban J connectivity index is 2.03. The van der Waals surface area contributed by atoms with Gasteiger partial charge in [0.25, 0.3) is 0 Å². The molecule has 0 aliphatic heterocycles. The zero-order chi connectivity index (χ0) is 20.3. The van der Waals surface area contributed by atoms with E-state index in [-0.39, 0.29) is 52.6 Å². The maximum Gasteiger partial charge on any atom is 0.328 e. The minimum absolute atomic E-state index is 0.0796. The molecule has 0 fully saturated rings. The van der Waals surface area contributed by atoms with Crippen LogP contribution in [0.5, 0.6) is 23.5 Å². The summed E-state index contributed by atoms with van der Waals surface area (Å²) in [6.07, 6.45) is 1.05. The van der Waals surface area contributed by atoms with Gasteiger partial charge in [-0.15, -0.1) is 0 Å². The molecule has 1 aromatic heterocycles. The van der Waals surface area contributed by atoms with Crippen molar-refractivity contribution in [3.63, 3.8) is 0 Å². The summed E-state index contributed by atoms with van der Waals surface area (Å²) in [5.41, 5.74) is 0.770. The number of ether oxygens (including phenoxy) is 3. The van der Waals surface area contributed by atoms with Gasteiger partial charge in [-0.1, -0.05) is 6.07 Å². The molecular weight excluding hydrogens is 364 g/mol. The lowest BCUT2D eigenvalue weighted by Gasteiger charge is -2.16. The Hall–Kier alpha value is -3.42. The topological polar surface area (TPSA) is 108 Å². The minimum Gasteiger partial charge on any atom is -0.511 e. The molecule has 1 heterocycles. The average molecular weight is 384 g/mol. The zero-order valence-electron chi connectivity index (χ0n) is 15.8. The molecule has 1 aliphatic carbocycles. The second-order valence-electron chi connectivity index (χ2n) is 6.26. The summed E-state index contributed by atoms with van der Waals surface area (Å²) in [6, 6.07) is 6.31. The van der Waals surface area contributed by atoms with E-state index in [9.17, 15) is 14.7 Å². The van der Waals surface area contributed by atoms with Crippen molar-refractivity contribution >= 4 is 11.6 Å². The third kappa shape index (κ3) is 3.95. The Morgan fingerprint density at radius 2 is 1.75 bits per heavy atom. The predicted octanol–water partition coefficient (Wildman–Crippen LogP) is 3.34. The molecule has 0 unspecified atom stereocenters. The molecule has 8 heteroatoms. The number of hydrogen-bond donors (Lipinski definition) is 1. The maximum absolute atomic E-state index is 13.0. The number of benzene rings is 1. The monoisotopic (exact) mass is 384 g/mol. The van der Waals surface area contributed by atoms with E-state index >= 15 is 0 Å². The Kier molecular flexibility index (Phi) is 5.58. The smallest absolute Gasteiger partial charge is 0.328 e. The van der Waals surface area contributed by atoms with Gasteiger partial charge in [-0.25, -0.2) is 0 Å². The molecule has 1 N–H and O–H groups in total. The van der Waals surface area contributed by atoms with Gasteiger partial charge in [0.2, 0.25) is 17.5 Å². The van der Waals surface area contributed by atoms with Gasteiger partial charge < -0.3 is 19.3 Å². The van der Waals surface area contributed by atoms with Crippen LogP contribution in [0.2, 0.25) is 0 Å². The number of methoxy groups -OCH3 is 2. The van der Waals surface area contributed by atoms with E-state index in [0.717, 1.165) is 5.56 Å². The highest BCUT2D eigenvalue weighted by molar-refractivity contribution is 6.27. The fourth-order valence-electron chi connectivity index (χ4n) is 2.86. The zero-order valence-corrected chi connectivity index (χ0v) is 15.8. The molecule has 0 radical (unpaired) electrons. The lowest BCUT2D eigenvalue weighted by atomic mass is 9.90. The number of hydrogen-bond acceptors (Lipinski definition) is 8. The normalized spacial score (nSPS) is 14.0. The van der Waals surface area contributed by atoms with Gasteiger partial charge in [-0.05, 0) is 31.0 Å². The summed E-state index contributed by atoms with van der Waals surface area (Å²) >= 11 is 0. The molecule has 28 heavy (non-hydrogen) atoms. The third-order valence-corrected chi connectivity index (χ3v) is 4.27. The fourth-order valence-corrected chi connectivity index (χ4v) is 2.86. The second kappa shape index (κ2) is 8.08. The molecule has 0 spiro atoms. The number of aryl methyl sites for hydroxylation is 1. The summed E-state index contributed by atoms with van der Waals surface area (Å²) in [5.74, 6) is -0.534. The van der Waals surface area contributed by atoms with E-state index in [4.69, 9.17) is 14.2 Å². The molecule has 0 amide bonds. The molecule has 2 aromatic rings. The fraction of sp³-hybridized carbons (Fsp3) is 0.300. The molecule has 1 aromatic carbocycles. The van der Waals surface area contributed by atoms with Crippen molar-refractivity contribution < 1.29 is 28.9 Å². The number of aliphatic hydroxyl groups is 1. The van der Waals surface area contributed by atoms with Gasteiger partial charge in [0.05, 0.1) is 25.8 Å². The molecule has 0 atom stereocenters. The first kappa shape index (κ1) is 19.3. The van der Waals surface area contributed by atoms with Crippen LogP contribution in [0, 0.1) is 6.92 Å². The van der Waals surface area contributed by atoms with Crippen molar-refractivity contribution in [2.24, 2.45) is 0 Å². The SMILES string of the molecule is COc1cc(OC)nc(Oc2cc(C)ccc2C(=O)C2=C(O)CCCC2=O)n1. The highest BCUT2D eigenvalue weighted by atomic mass is 16.5. The number of aromatic nitrogens is 2. The van der Waals surface area contributed by atoms with Crippen molar-refractivity contribution in [1.29, 1.82) is 0 Å². The molecule has 146 valence electrons. The summed E-state index contributed by atoms with van der Waals surface area (Å²) in [6.45, 7) is 1.83. The standard InChI is InChI=1S/C20H20N2O6/c1-11-7-8-12(19(25)18-13(23)5-4-6-14(18)24)15(9-11)28-20-21-16(26-2)10-17(22-20)27-3/h7-10,23H,4-6H2,1-3H3. The maximum atomic E-state index is 13.0. The number of Topliss-reactive ketones (excluding diaryl/α,β-unsaturated/α-hetero) is 2. The van der Waals surface area contributed by atoms with Crippen LogP contribution < -0.4 is 14.2 Å². The van der Waals surface area contributed by atoms with Gasteiger partial charge >= 0.3 is 6.01 Å². The van der Waals surface area contributed by atoms with Crippen LogP contribution in [0.15, 0.2) is 35.6 Å². The highest BCUT2D eigenvalue weighted by Gasteiger charge is 2.29. The van der Waals surface area contributed by atoms with Gasteiger partial charge in [-0.2, -0.15) is 9.97 Å². The largest absolute Gasteiger partial charge is 0.511 e. The van der Waals surface area contributed by atoms with Crippen LogP contribution in [-0.2, 0) is 4.79 Å². The van der Waals surface area contributed by atoms with Gasteiger partial charge in [0.15, 0.2) is 5.78 Å². The Labute approximate surface area is 161 Å². The first-order valence-corrected chi connectivity index (χ1v) is 8.68. The van der Waals surface area contributed by atoms with Crippen LogP contribution in [0.25, 0.3) is 0 Å². The molecule has 0 saturated heterocycles. The quantitative estimate of drug-likeness (QED) is 0.597. The van der Waals surface area contributed by atoms with Crippen molar-refractivity contribution in [2.75, 3.05) is 14.2 Å². The predicted molar refractivity (Wildman–Crippen MR) is 99.2 cm³/mol. The molecule has 0 saturated carbocycles. The molecule has 0 bridgehead atoms. The Bertz CT molecular complexity index is 945. The van der Waals surface area contributed by atoms with E-state index < -0.39 is 5.78 Å². The molecule has 1 aliphatic rings. The highest BCUT2D eigenvalue weighted by Crippen LogP contribution is 2.31. The van der Waals surface area contributed by atoms with Crippen LogP contribution in [-0.4, -0.2) is 40.9 Å². The number of carbonyl (C=O) groups is 2. The van der Waals surface area contributed by atoms with E-state index in [1.807, 2.05) is 6.92 Å². The molecule has 8 nitrogen and oxygen atoms in total.